The Morgan fingerprint density at radius 3 is 2.27 bits per heavy atom. The first-order chi connectivity index (χ1) is 15.4. The molecule has 0 unspecified atom stereocenters. The van der Waals surface area contributed by atoms with Gasteiger partial charge in [0.2, 0.25) is 5.91 Å². The Bertz CT molecular complexity index is 852. The third kappa shape index (κ3) is 8.99. The molecule has 0 spiro atoms. The highest BCUT2D eigenvalue weighted by molar-refractivity contribution is 5.94. The summed E-state index contributed by atoms with van der Waals surface area (Å²) in [6.07, 6.45) is -5.37. The Morgan fingerprint density at radius 1 is 1.09 bits per heavy atom. The van der Waals surface area contributed by atoms with Crippen molar-refractivity contribution < 1.29 is 41.8 Å². The Kier molecular flexibility index (Phi) is 9.06. The summed E-state index contributed by atoms with van der Waals surface area (Å²) in [6.45, 7) is -0.488. The first-order valence-corrected chi connectivity index (χ1v) is 10.2. The van der Waals surface area contributed by atoms with Gasteiger partial charge in [-0.25, -0.2) is 4.79 Å². The molecule has 33 heavy (non-hydrogen) atoms. The number of amides is 3. The number of benzene rings is 1. The van der Waals surface area contributed by atoms with Crippen molar-refractivity contribution in [1.29, 1.82) is 0 Å². The number of carbonyl (C=O) groups excluding carboxylic acids is 4. The standard InChI is InChI=1S/C21H26F3N3O6/c1-14-3-5-16(6-4-14)25-17(28)11-26(2)18(29)12-32-19(30)15-7-9-27(10-8-15)20(31)33-13-21(22,23)24/h3-6,15H,7-13H2,1-2H3,(H,25,28). The summed E-state index contributed by atoms with van der Waals surface area (Å²) in [5.74, 6) is -2.23. The number of hydrogen-bond acceptors (Lipinski definition) is 6. The number of piperidine rings is 1. The number of nitrogens with one attached hydrogen (secondary N) is 1. The number of aryl methyl sites for hydroxylation is 1. The zero-order valence-corrected chi connectivity index (χ0v) is 18.3. The van der Waals surface area contributed by atoms with Gasteiger partial charge in [0.25, 0.3) is 5.91 Å². The Balaban J connectivity index is 1.69. The summed E-state index contributed by atoms with van der Waals surface area (Å²) in [5.41, 5.74) is 1.63. The van der Waals surface area contributed by atoms with E-state index in [1.165, 1.54) is 7.05 Å². The van der Waals surface area contributed by atoms with E-state index in [2.05, 4.69) is 10.1 Å². The molecule has 1 fully saturated rings. The first-order valence-electron chi connectivity index (χ1n) is 10.2. The van der Waals surface area contributed by atoms with Crippen LogP contribution in [0.2, 0.25) is 0 Å². The van der Waals surface area contributed by atoms with Gasteiger partial charge in [-0.05, 0) is 31.9 Å². The molecule has 1 aliphatic rings. The molecular formula is C21H26F3N3O6. The number of rotatable bonds is 7. The van der Waals surface area contributed by atoms with E-state index < -0.39 is 49.2 Å². The van der Waals surface area contributed by atoms with Crippen molar-refractivity contribution in [1.82, 2.24) is 9.80 Å². The first kappa shape index (κ1) is 25.9. The van der Waals surface area contributed by atoms with Crippen LogP contribution in [0.1, 0.15) is 18.4 Å². The van der Waals surface area contributed by atoms with E-state index in [0.29, 0.717) is 5.69 Å². The summed E-state index contributed by atoms with van der Waals surface area (Å²) in [6, 6.07) is 7.13. The SMILES string of the molecule is Cc1ccc(NC(=O)CN(C)C(=O)COC(=O)C2CCN(C(=O)OCC(F)(F)F)CC2)cc1. The summed E-state index contributed by atoms with van der Waals surface area (Å²) in [7, 11) is 1.40. The molecule has 12 heteroatoms. The van der Waals surface area contributed by atoms with E-state index in [1.54, 1.807) is 12.1 Å². The maximum Gasteiger partial charge on any atom is 0.422 e. The highest BCUT2D eigenvalue weighted by Gasteiger charge is 2.33. The number of esters is 1. The lowest BCUT2D eigenvalue weighted by Crippen LogP contribution is -2.42. The van der Waals surface area contributed by atoms with Gasteiger partial charge in [0.15, 0.2) is 13.2 Å². The van der Waals surface area contributed by atoms with E-state index in [9.17, 15) is 32.3 Å². The molecule has 0 saturated carbocycles. The van der Waals surface area contributed by atoms with Gasteiger partial charge in [0, 0.05) is 25.8 Å². The molecule has 1 saturated heterocycles. The molecule has 9 nitrogen and oxygen atoms in total. The Hall–Kier alpha value is -3.31. The molecule has 1 N–H and O–H groups in total. The molecule has 1 aliphatic heterocycles. The van der Waals surface area contributed by atoms with Gasteiger partial charge < -0.3 is 24.6 Å². The maximum absolute atomic E-state index is 12.2. The normalized spacial score (nSPS) is 14.4. The fourth-order valence-corrected chi connectivity index (χ4v) is 3.03. The van der Waals surface area contributed by atoms with E-state index in [1.807, 2.05) is 19.1 Å². The highest BCUT2D eigenvalue weighted by atomic mass is 19.4. The number of nitrogens with zero attached hydrogens (tertiary/aromatic N) is 2. The third-order valence-corrected chi connectivity index (χ3v) is 4.93. The maximum atomic E-state index is 12.2. The average Bonchev–Trinajstić information content (AvgIpc) is 2.76. The van der Waals surface area contributed by atoms with Crippen molar-refractivity contribution in [3.63, 3.8) is 0 Å². The van der Waals surface area contributed by atoms with Crippen molar-refractivity contribution in [3.8, 4) is 0 Å². The fourth-order valence-electron chi connectivity index (χ4n) is 3.03. The number of likely N-dealkylation sites (tertiary alicyclic amines) is 1. The Morgan fingerprint density at radius 2 is 1.70 bits per heavy atom. The zero-order valence-electron chi connectivity index (χ0n) is 18.3. The van der Waals surface area contributed by atoms with Crippen LogP contribution >= 0.6 is 0 Å². The quantitative estimate of drug-likeness (QED) is 0.610. The lowest BCUT2D eigenvalue weighted by atomic mass is 9.97. The number of anilines is 1. The molecule has 2 rings (SSSR count). The van der Waals surface area contributed by atoms with Gasteiger partial charge in [0.05, 0.1) is 12.5 Å². The number of halogens is 3. The minimum atomic E-state index is -4.61. The monoisotopic (exact) mass is 473 g/mol. The Labute approximate surface area is 188 Å². The molecule has 3 amide bonds. The molecule has 0 aliphatic carbocycles. The van der Waals surface area contributed by atoms with Crippen LogP contribution in [0.15, 0.2) is 24.3 Å². The minimum absolute atomic E-state index is 0.0312. The smallest absolute Gasteiger partial charge is 0.422 e. The molecule has 1 aromatic rings. The zero-order chi connectivity index (χ0) is 24.6. The lowest BCUT2D eigenvalue weighted by molar-refractivity contribution is -0.163. The number of hydrogen-bond donors (Lipinski definition) is 1. The van der Waals surface area contributed by atoms with Crippen LogP contribution in [0.5, 0.6) is 0 Å². The van der Waals surface area contributed by atoms with Gasteiger partial charge in [-0.2, -0.15) is 13.2 Å². The fraction of sp³-hybridized carbons (Fsp3) is 0.524. The number of ether oxygens (including phenoxy) is 2. The van der Waals surface area contributed by atoms with Crippen molar-refractivity contribution in [2.24, 2.45) is 5.92 Å². The van der Waals surface area contributed by atoms with Gasteiger partial charge in [-0.15, -0.1) is 0 Å². The van der Waals surface area contributed by atoms with Crippen molar-refractivity contribution in [2.75, 3.05) is 45.2 Å². The summed E-state index contributed by atoms with van der Waals surface area (Å²) in [4.78, 5) is 50.3. The van der Waals surface area contributed by atoms with Crippen LogP contribution in [0.25, 0.3) is 0 Å². The van der Waals surface area contributed by atoms with Crippen molar-refractivity contribution in [2.45, 2.75) is 25.9 Å². The lowest BCUT2D eigenvalue weighted by Gasteiger charge is -2.30. The van der Waals surface area contributed by atoms with E-state index in [-0.39, 0.29) is 32.5 Å². The van der Waals surface area contributed by atoms with Gasteiger partial charge in [-0.1, -0.05) is 17.7 Å². The van der Waals surface area contributed by atoms with Crippen LogP contribution in [0.4, 0.5) is 23.7 Å². The van der Waals surface area contributed by atoms with Crippen molar-refractivity contribution in [3.05, 3.63) is 29.8 Å². The van der Waals surface area contributed by atoms with E-state index >= 15 is 0 Å². The second kappa shape index (κ2) is 11.5. The van der Waals surface area contributed by atoms with Gasteiger partial charge >= 0.3 is 18.2 Å². The van der Waals surface area contributed by atoms with Gasteiger partial charge in [-0.3, -0.25) is 14.4 Å². The van der Waals surface area contributed by atoms with Crippen LogP contribution in [0, 0.1) is 12.8 Å². The van der Waals surface area contributed by atoms with Crippen LogP contribution < -0.4 is 5.32 Å². The third-order valence-electron chi connectivity index (χ3n) is 4.93. The summed E-state index contributed by atoms with van der Waals surface area (Å²) in [5, 5.41) is 2.66. The highest BCUT2D eigenvalue weighted by Crippen LogP contribution is 2.21. The molecule has 0 aromatic heterocycles. The van der Waals surface area contributed by atoms with Crippen LogP contribution in [-0.2, 0) is 23.9 Å². The second-order valence-corrected chi connectivity index (χ2v) is 7.70. The second-order valence-electron chi connectivity index (χ2n) is 7.70. The minimum Gasteiger partial charge on any atom is -0.455 e. The molecule has 0 radical (unpaired) electrons. The molecule has 0 atom stereocenters. The average molecular weight is 473 g/mol. The summed E-state index contributed by atoms with van der Waals surface area (Å²) >= 11 is 0. The van der Waals surface area contributed by atoms with Gasteiger partial charge in [0.1, 0.15) is 0 Å². The largest absolute Gasteiger partial charge is 0.455 e. The topological polar surface area (TPSA) is 105 Å². The molecular weight excluding hydrogens is 447 g/mol. The number of carbonyl (C=O) groups is 4. The number of likely N-dealkylation sites (N-methyl/N-ethyl adjacent to an activating group) is 1. The molecule has 0 bridgehead atoms. The number of alkyl halides is 3. The van der Waals surface area contributed by atoms with Crippen LogP contribution in [-0.4, -0.2) is 79.7 Å². The van der Waals surface area contributed by atoms with Crippen molar-refractivity contribution >= 4 is 29.6 Å². The predicted molar refractivity (Wildman–Crippen MR) is 110 cm³/mol. The van der Waals surface area contributed by atoms with E-state index in [0.717, 1.165) is 15.4 Å². The molecule has 1 aromatic carbocycles. The predicted octanol–water partition coefficient (Wildman–Crippen LogP) is 2.35. The molecule has 1 heterocycles. The van der Waals surface area contributed by atoms with Crippen LogP contribution in [0.3, 0.4) is 0 Å². The summed E-state index contributed by atoms with van der Waals surface area (Å²) < 4.78 is 45.6. The van der Waals surface area contributed by atoms with E-state index in [4.69, 9.17) is 4.74 Å². The molecule has 182 valence electrons.